The zero-order valence-electron chi connectivity index (χ0n) is 17.1. The maximum absolute atomic E-state index is 13.1. The molecule has 0 radical (unpaired) electrons. The van der Waals surface area contributed by atoms with Crippen LogP contribution in [-0.4, -0.2) is 15.5 Å². The van der Waals surface area contributed by atoms with Gasteiger partial charge in [0.25, 0.3) is 0 Å². The highest BCUT2D eigenvalue weighted by atomic mass is 35.5. The van der Waals surface area contributed by atoms with Gasteiger partial charge in [-0.1, -0.05) is 48.0 Å². The maximum Gasteiger partial charge on any atom is 0.241 e. The molecule has 5 rings (SSSR count). The van der Waals surface area contributed by atoms with E-state index in [4.69, 9.17) is 24.2 Å². The summed E-state index contributed by atoms with van der Waals surface area (Å²) in [6.07, 6.45) is 3.77. The summed E-state index contributed by atoms with van der Waals surface area (Å²) in [5.41, 5.74) is 4.67. The molecular formula is C26H20ClN3OS. The monoisotopic (exact) mass is 457 g/mol. The lowest BCUT2D eigenvalue weighted by Crippen LogP contribution is -2.17. The number of amides is 1. The van der Waals surface area contributed by atoms with Crippen molar-refractivity contribution in [1.82, 2.24) is 9.55 Å². The van der Waals surface area contributed by atoms with Crippen molar-refractivity contribution in [2.24, 2.45) is 0 Å². The molecule has 0 aliphatic heterocycles. The Morgan fingerprint density at radius 2 is 1.84 bits per heavy atom. The van der Waals surface area contributed by atoms with Gasteiger partial charge in [-0.25, -0.2) is 0 Å². The number of thiol groups is 1. The number of nitrogens with one attached hydrogen (secondary N) is 1. The van der Waals surface area contributed by atoms with Crippen molar-refractivity contribution >= 4 is 57.6 Å². The fraction of sp³-hybridized carbons (Fsp3) is 0.0769. The molecule has 0 aliphatic carbocycles. The normalized spacial score (nSPS) is 12.2. The van der Waals surface area contributed by atoms with Crippen molar-refractivity contribution in [3.63, 3.8) is 0 Å². The van der Waals surface area contributed by atoms with E-state index in [-0.39, 0.29) is 5.91 Å². The Morgan fingerprint density at radius 3 is 2.69 bits per heavy atom. The molecule has 0 spiro atoms. The van der Waals surface area contributed by atoms with E-state index < -0.39 is 5.25 Å². The van der Waals surface area contributed by atoms with Crippen LogP contribution in [0.3, 0.4) is 0 Å². The number of para-hydroxylation sites is 1. The number of nitrogens with zero attached hydrogens (tertiary/aromatic N) is 2. The van der Waals surface area contributed by atoms with Crippen molar-refractivity contribution in [2.45, 2.75) is 11.8 Å². The van der Waals surface area contributed by atoms with E-state index in [2.05, 4.69) is 20.9 Å². The first-order chi connectivity index (χ1) is 15.6. The van der Waals surface area contributed by atoms with Gasteiger partial charge in [0.1, 0.15) is 5.25 Å². The number of hydrogen-bond donors (Lipinski definition) is 2. The molecule has 2 aromatic heterocycles. The summed E-state index contributed by atoms with van der Waals surface area (Å²) in [5.74, 6) is -0.175. The molecule has 158 valence electrons. The van der Waals surface area contributed by atoms with Gasteiger partial charge in [-0.2, -0.15) is 12.6 Å². The molecule has 1 unspecified atom stereocenters. The number of fused-ring (bicyclic) bond motifs is 2. The third kappa shape index (κ3) is 4.09. The van der Waals surface area contributed by atoms with Crippen molar-refractivity contribution < 1.29 is 4.79 Å². The number of aromatic nitrogens is 2. The van der Waals surface area contributed by atoms with Crippen molar-refractivity contribution in [1.29, 1.82) is 0 Å². The van der Waals surface area contributed by atoms with Gasteiger partial charge in [-0.15, -0.1) is 0 Å². The fourth-order valence-corrected chi connectivity index (χ4v) is 4.31. The molecular weight excluding hydrogens is 438 g/mol. The molecule has 0 bridgehead atoms. The number of halogens is 1. The summed E-state index contributed by atoms with van der Waals surface area (Å²) in [5, 5.41) is 5.08. The Hall–Kier alpha value is -3.28. The molecule has 2 heterocycles. The predicted molar refractivity (Wildman–Crippen MR) is 135 cm³/mol. The summed E-state index contributed by atoms with van der Waals surface area (Å²) >= 11 is 10.7. The van der Waals surface area contributed by atoms with E-state index >= 15 is 0 Å². The summed E-state index contributed by atoms with van der Waals surface area (Å²) < 4.78 is 2.14. The molecule has 1 atom stereocenters. The number of pyridine rings is 1. The lowest BCUT2D eigenvalue weighted by atomic mass is 10.1. The first-order valence-electron chi connectivity index (χ1n) is 10.2. The van der Waals surface area contributed by atoms with Crippen molar-refractivity contribution in [2.75, 3.05) is 5.32 Å². The summed E-state index contributed by atoms with van der Waals surface area (Å²) in [6, 6.07) is 25.4. The Morgan fingerprint density at radius 1 is 1.03 bits per heavy atom. The topological polar surface area (TPSA) is 46.9 Å². The molecule has 4 nitrogen and oxygen atoms in total. The minimum absolute atomic E-state index is 0.175. The van der Waals surface area contributed by atoms with Gasteiger partial charge in [0.2, 0.25) is 5.91 Å². The number of rotatable bonds is 5. The SMILES string of the molecule is O=C(Nc1ccc2ncccc2c1)C(S)c1cn(Cc2ccc(Cl)cc2)c2ccccc12. The zero-order chi connectivity index (χ0) is 22.1. The predicted octanol–water partition coefficient (Wildman–Crippen LogP) is 6.50. The molecule has 3 aromatic carbocycles. The number of carbonyl (C=O) groups is 1. The highest BCUT2D eigenvalue weighted by molar-refractivity contribution is 7.81. The number of benzene rings is 3. The Balaban J connectivity index is 1.43. The number of carbonyl (C=O) groups excluding carboxylic acids is 1. The van der Waals surface area contributed by atoms with E-state index in [1.807, 2.05) is 79.0 Å². The highest BCUT2D eigenvalue weighted by Crippen LogP contribution is 2.32. The van der Waals surface area contributed by atoms with Gasteiger partial charge in [0.15, 0.2) is 0 Å². The van der Waals surface area contributed by atoms with Crippen LogP contribution in [0, 0.1) is 0 Å². The van der Waals surface area contributed by atoms with Crippen LogP contribution in [0.25, 0.3) is 21.8 Å². The molecule has 0 fully saturated rings. The molecule has 0 aliphatic rings. The smallest absolute Gasteiger partial charge is 0.241 e. The molecule has 1 N–H and O–H groups in total. The van der Waals surface area contributed by atoms with E-state index in [1.54, 1.807) is 6.20 Å². The van der Waals surface area contributed by atoms with Gasteiger partial charge < -0.3 is 9.88 Å². The zero-order valence-corrected chi connectivity index (χ0v) is 18.7. The number of anilines is 1. The van der Waals surface area contributed by atoms with Gasteiger partial charge in [-0.05, 0) is 53.6 Å². The third-order valence-electron chi connectivity index (χ3n) is 5.50. The highest BCUT2D eigenvalue weighted by Gasteiger charge is 2.21. The van der Waals surface area contributed by atoms with Crippen molar-refractivity contribution in [3.8, 4) is 0 Å². The lowest BCUT2D eigenvalue weighted by molar-refractivity contribution is -0.115. The first-order valence-corrected chi connectivity index (χ1v) is 11.1. The maximum atomic E-state index is 13.1. The fourth-order valence-electron chi connectivity index (χ4n) is 3.92. The lowest BCUT2D eigenvalue weighted by Gasteiger charge is -2.12. The Kier molecular flexibility index (Phi) is 5.60. The van der Waals surface area contributed by atoms with Gasteiger partial charge in [0, 0.05) is 45.9 Å². The number of hydrogen-bond acceptors (Lipinski definition) is 3. The molecule has 32 heavy (non-hydrogen) atoms. The second-order valence-corrected chi connectivity index (χ2v) is 8.61. The summed E-state index contributed by atoms with van der Waals surface area (Å²) in [4.78, 5) is 17.4. The second-order valence-electron chi connectivity index (χ2n) is 7.66. The van der Waals surface area contributed by atoms with Crippen LogP contribution >= 0.6 is 24.2 Å². The van der Waals surface area contributed by atoms with Crippen LogP contribution in [0.2, 0.25) is 5.02 Å². The second kappa shape index (κ2) is 8.69. The molecule has 0 saturated carbocycles. The first kappa shape index (κ1) is 20.6. The van der Waals surface area contributed by atoms with Gasteiger partial charge >= 0.3 is 0 Å². The Bertz CT molecular complexity index is 1430. The van der Waals surface area contributed by atoms with Gasteiger partial charge in [0.05, 0.1) is 5.52 Å². The van der Waals surface area contributed by atoms with Crippen LogP contribution in [-0.2, 0) is 11.3 Å². The third-order valence-corrected chi connectivity index (χ3v) is 6.26. The minimum Gasteiger partial charge on any atom is -0.343 e. The summed E-state index contributed by atoms with van der Waals surface area (Å²) in [7, 11) is 0. The quantitative estimate of drug-likeness (QED) is 0.296. The molecule has 5 aromatic rings. The molecule has 1 amide bonds. The molecule has 6 heteroatoms. The van der Waals surface area contributed by atoms with Crippen molar-refractivity contribution in [3.05, 3.63) is 107 Å². The van der Waals surface area contributed by atoms with Crippen LogP contribution in [0.4, 0.5) is 5.69 Å². The molecule has 0 saturated heterocycles. The van der Waals surface area contributed by atoms with E-state index in [0.717, 1.165) is 38.6 Å². The average Bonchev–Trinajstić information content (AvgIpc) is 3.18. The van der Waals surface area contributed by atoms with E-state index in [0.29, 0.717) is 11.6 Å². The standard InChI is InChI=1S/C26H20ClN3OS/c27-19-9-7-17(8-10-19)15-30-16-22(21-5-1-2-6-24(21)30)25(32)26(31)29-20-11-12-23-18(14-20)4-3-13-28-23/h1-14,16,25,32H,15H2,(H,29,31). The van der Waals surface area contributed by atoms with Crippen LogP contribution < -0.4 is 5.32 Å². The largest absolute Gasteiger partial charge is 0.343 e. The van der Waals surface area contributed by atoms with Crippen LogP contribution in [0.5, 0.6) is 0 Å². The van der Waals surface area contributed by atoms with E-state index in [9.17, 15) is 4.79 Å². The average molecular weight is 458 g/mol. The minimum atomic E-state index is -0.615. The summed E-state index contributed by atoms with van der Waals surface area (Å²) in [6.45, 7) is 0.678. The Labute approximate surface area is 196 Å². The van der Waals surface area contributed by atoms with Crippen LogP contribution in [0.15, 0.2) is 91.3 Å². The van der Waals surface area contributed by atoms with E-state index in [1.165, 1.54) is 0 Å². The van der Waals surface area contributed by atoms with Crippen LogP contribution in [0.1, 0.15) is 16.4 Å². The van der Waals surface area contributed by atoms with Gasteiger partial charge in [-0.3, -0.25) is 9.78 Å².